The lowest BCUT2D eigenvalue weighted by Crippen LogP contribution is -2.31. The first-order valence-electron chi connectivity index (χ1n) is 16.8. The highest BCUT2D eigenvalue weighted by Gasteiger charge is 2.36. The summed E-state index contributed by atoms with van der Waals surface area (Å²) in [6.45, 7) is 0.117. The van der Waals surface area contributed by atoms with Gasteiger partial charge in [0, 0.05) is 17.7 Å². The van der Waals surface area contributed by atoms with Gasteiger partial charge in [0.2, 0.25) is 5.16 Å². The van der Waals surface area contributed by atoms with Gasteiger partial charge in [0.15, 0.2) is 6.29 Å². The molecule has 0 radical (unpaired) electrons. The summed E-state index contributed by atoms with van der Waals surface area (Å²) in [6.07, 6.45) is -0.578. The van der Waals surface area contributed by atoms with Crippen molar-refractivity contribution in [3.8, 4) is 22.6 Å². The number of phenols is 1. The molecule has 3 heterocycles. The Balaban J connectivity index is 1.02. The third-order valence-electron chi connectivity index (χ3n) is 9.27. The SMILES string of the molecule is O=C1c2ccccc2C(=O)N1Cc1ccccc1-c1ccc([C@@H]2O[C@H](CSc3nnnn3-c3ccc(O)cc3)C[C@H](c3ccc(CO)cc3)O2)cc1. The average molecular weight is 712 g/mol. The van der Waals surface area contributed by atoms with Crippen LogP contribution < -0.4 is 0 Å². The van der Waals surface area contributed by atoms with Crippen LogP contribution in [-0.2, 0) is 22.6 Å². The number of carbonyl (C=O) groups excluding carboxylic acids is 2. The molecule has 0 saturated carbocycles. The van der Waals surface area contributed by atoms with Gasteiger partial charge in [-0.15, -0.1) is 5.10 Å². The first kappa shape index (κ1) is 33.5. The standard InChI is InChI=1S/C40H33N5O6S/c46-23-25-9-11-27(12-10-25)36-21-32(24-52-40-41-42-43-45(40)30-17-19-31(47)20-18-30)50-39(51-36)28-15-13-26(14-16-28)33-6-2-1-5-29(33)22-44-37(48)34-7-3-4-8-35(34)38(44)49/h1-20,32,36,39,46-47H,21-24H2/t32-,36+,39+/m0/s1. The first-order valence-corrected chi connectivity index (χ1v) is 17.8. The maximum Gasteiger partial charge on any atom is 0.261 e. The highest BCUT2D eigenvalue weighted by Crippen LogP contribution is 2.40. The van der Waals surface area contributed by atoms with E-state index in [1.807, 2.05) is 72.8 Å². The molecule has 0 unspecified atom stereocenters. The van der Waals surface area contributed by atoms with E-state index >= 15 is 0 Å². The molecule has 2 aliphatic heterocycles. The first-order chi connectivity index (χ1) is 25.4. The maximum atomic E-state index is 13.1. The molecule has 2 N–H and O–H groups in total. The van der Waals surface area contributed by atoms with Crippen molar-refractivity contribution in [1.82, 2.24) is 25.1 Å². The van der Waals surface area contributed by atoms with Gasteiger partial charge in [0.25, 0.3) is 11.8 Å². The number of phenolic OH excluding ortho intramolecular Hbond substituents is 1. The van der Waals surface area contributed by atoms with Crippen LogP contribution in [0.4, 0.5) is 0 Å². The van der Waals surface area contributed by atoms with E-state index in [4.69, 9.17) is 9.47 Å². The summed E-state index contributed by atoms with van der Waals surface area (Å²) in [5.74, 6) is 0.126. The average Bonchev–Trinajstić information content (AvgIpc) is 3.76. The number of thioether (sulfide) groups is 1. The van der Waals surface area contributed by atoms with Gasteiger partial charge in [-0.25, -0.2) is 0 Å². The Morgan fingerprint density at radius 2 is 1.40 bits per heavy atom. The topological polar surface area (TPSA) is 140 Å². The number of imide groups is 1. The van der Waals surface area contributed by atoms with Gasteiger partial charge in [-0.2, -0.15) is 4.68 Å². The van der Waals surface area contributed by atoms with Gasteiger partial charge in [-0.3, -0.25) is 14.5 Å². The van der Waals surface area contributed by atoms with E-state index in [0.29, 0.717) is 28.5 Å². The van der Waals surface area contributed by atoms with Crippen LogP contribution in [0.1, 0.15) is 61.8 Å². The summed E-state index contributed by atoms with van der Waals surface area (Å²) in [7, 11) is 0. The van der Waals surface area contributed by atoms with Crippen molar-refractivity contribution in [1.29, 1.82) is 0 Å². The van der Waals surface area contributed by atoms with Gasteiger partial charge in [0.05, 0.1) is 42.2 Å². The van der Waals surface area contributed by atoms with Crippen LogP contribution >= 0.6 is 11.8 Å². The monoisotopic (exact) mass is 711 g/mol. The van der Waals surface area contributed by atoms with Crippen molar-refractivity contribution >= 4 is 23.6 Å². The Morgan fingerprint density at radius 3 is 2.10 bits per heavy atom. The summed E-state index contributed by atoms with van der Waals surface area (Å²) >= 11 is 1.47. The number of nitrogens with zero attached hydrogens (tertiary/aromatic N) is 5. The molecule has 6 aromatic rings. The Bertz CT molecular complexity index is 2190. The van der Waals surface area contributed by atoms with Crippen LogP contribution in [0.15, 0.2) is 126 Å². The zero-order chi connectivity index (χ0) is 35.6. The molecule has 52 heavy (non-hydrogen) atoms. The number of aliphatic hydroxyl groups excluding tert-OH is 1. The minimum absolute atomic E-state index is 0.0413. The van der Waals surface area contributed by atoms with E-state index in [9.17, 15) is 19.8 Å². The Kier molecular flexibility index (Phi) is 9.35. The molecule has 3 atom stereocenters. The van der Waals surface area contributed by atoms with Crippen LogP contribution in [0.25, 0.3) is 16.8 Å². The zero-order valence-corrected chi connectivity index (χ0v) is 28.6. The molecule has 11 nitrogen and oxygen atoms in total. The number of fused-ring (bicyclic) bond motifs is 1. The highest BCUT2D eigenvalue weighted by atomic mass is 32.2. The normalized spacial score (nSPS) is 18.5. The van der Waals surface area contributed by atoms with E-state index in [-0.39, 0.29) is 42.9 Å². The third-order valence-corrected chi connectivity index (χ3v) is 10.3. The predicted octanol–water partition coefficient (Wildman–Crippen LogP) is 6.66. The Hall–Kier alpha value is -5.66. The molecule has 12 heteroatoms. The number of hydrogen-bond donors (Lipinski definition) is 2. The lowest BCUT2D eigenvalue weighted by molar-refractivity contribution is -0.245. The molecule has 260 valence electrons. The maximum absolute atomic E-state index is 13.1. The largest absolute Gasteiger partial charge is 0.508 e. The number of aromatic nitrogens is 4. The molecule has 8 rings (SSSR count). The summed E-state index contributed by atoms with van der Waals surface area (Å²) in [5, 5.41) is 32.1. The molecule has 0 bridgehead atoms. The molecule has 0 aliphatic carbocycles. The molecular formula is C40H33N5O6S. The molecule has 0 spiro atoms. The quantitative estimate of drug-likeness (QED) is 0.117. The number of aliphatic hydroxyl groups is 1. The van der Waals surface area contributed by atoms with Crippen molar-refractivity contribution in [2.75, 3.05) is 5.75 Å². The highest BCUT2D eigenvalue weighted by molar-refractivity contribution is 7.99. The van der Waals surface area contributed by atoms with Gasteiger partial charge in [-0.05, 0) is 74.6 Å². The molecule has 1 fully saturated rings. The van der Waals surface area contributed by atoms with E-state index in [2.05, 4.69) is 15.5 Å². The summed E-state index contributed by atoms with van der Waals surface area (Å²) in [4.78, 5) is 27.5. The number of rotatable bonds is 10. The van der Waals surface area contributed by atoms with Crippen molar-refractivity contribution in [2.45, 2.75) is 43.2 Å². The van der Waals surface area contributed by atoms with E-state index < -0.39 is 6.29 Å². The minimum atomic E-state index is -0.669. The number of tetrazole rings is 1. The number of carbonyl (C=O) groups is 2. The smallest absolute Gasteiger partial charge is 0.261 e. The Labute approximate surface area is 303 Å². The summed E-state index contributed by atoms with van der Waals surface area (Å²) < 4.78 is 14.8. The zero-order valence-electron chi connectivity index (χ0n) is 27.8. The van der Waals surface area contributed by atoms with Gasteiger partial charge in [0.1, 0.15) is 5.75 Å². The van der Waals surface area contributed by atoms with Gasteiger partial charge in [-0.1, -0.05) is 96.7 Å². The van der Waals surface area contributed by atoms with Crippen molar-refractivity contribution in [3.05, 3.63) is 155 Å². The molecular weight excluding hydrogens is 679 g/mol. The van der Waals surface area contributed by atoms with Gasteiger partial charge >= 0.3 is 0 Å². The fourth-order valence-electron chi connectivity index (χ4n) is 6.53. The lowest BCUT2D eigenvalue weighted by atomic mass is 9.97. The van der Waals surface area contributed by atoms with Crippen LogP contribution in [0, 0.1) is 0 Å². The summed E-state index contributed by atoms with van der Waals surface area (Å²) in [6, 6.07) is 37.0. The lowest BCUT2D eigenvalue weighted by Gasteiger charge is -2.36. The second kappa shape index (κ2) is 14.5. The summed E-state index contributed by atoms with van der Waals surface area (Å²) in [5.41, 5.74) is 6.91. The van der Waals surface area contributed by atoms with E-state index in [1.54, 1.807) is 53.2 Å². The van der Waals surface area contributed by atoms with Crippen LogP contribution in [0.2, 0.25) is 0 Å². The van der Waals surface area contributed by atoms with Gasteiger partial charge < -0.3 is 19.7 Å². The Morgan fingerprint density at radius 1 is 0.750 bits per heavy atom. The van der Waals surface area contributed by atoms with Crippen molar-refractivity contribution in [2.24, 2.45) is 0 Å². The third kappa shape index (κ3) is 6.72. The predicted molar refractivity (Wildman–Crippen MR) is 192 cm³/mol. The second-order valence-corrected chi connectivity index (χ2v) is 13.6. The molecule has 5 aromatic carbocycles. The minimum Gasteiger partial charge on any atom is -0.508 e. The fraction of sp³-hybridized carbons (Fsp3) is 0.175. The number of ether oxygens (including phenoxy) is 2. The second-order valence-electron chi connectivity index (χ2n) is 12.6. The molecule has 2 amide bonds. The van der Waals surface area contributed by atoms with E-state index in [1.165, 1.54) is 16.7 Å². The molecule has 2 aliphatic rings. The van der Waals surface area contributed by atoms with Crippen molar-refractivity contribution < 1.29 is 29.3 Å². The van der Waals surface area contributed by atoms with Crippen LogP contribution in [-0.4, -0.2) is 59.0 Å². The number of aromatic hydroxyl groups is 1. The van der Waals surface area contributed by atoms with Crippen LogP contribution in [0.5, 0.6) is 5.75 Å². The van der Waals surface area contributed by atoms with E-state index in [0.717, 1.165) is 39.1 Å². The number of amides is 2. The number of benzene rings is 5. The van der Waals surface area contributed by atoms with Crippen LogP contribution in [0.3, 0.4) is 0 Å². The number of hydrogen-bond acceptors (Lipinski definition) is 10. The molecule has 1 saturated heterocycles. The fourth-order valence-corrected chi connectivity index (χ4v) is 7.44. The molecule has 1 aromatic heterocycles. The van der Waals surface area contributed by atoms with Crippen molar-refractivity contribution in [3.63, 3.8) is 0 Å².